The summed E-state index contributed by atoms with van der Waals surface area (Å²) in [6.45, 7) is 0.959. The van der Waals surface area contributed by atoms with Gasteiger partial charge in [0.25, 0.3) is 0 Å². The Bertz CT molecular complexity index is 434. The van der Waals surface area contributed by atoms with E-state index in [9.17, 15) is 4.79 Å². The van der Waals surface area contributed by atoms with E-state index in [1.807, 2.05) is 12.1 Å². The number of hydrogen-bond donors (Lipinski definition) is 2. The maximum atomic E-state index is 12.1. The van der Waals surface area contributed by atoms with Crippen molar-refractivity contribution < 1.29 is 4.79 Å². The molecule has 1 saturated carbocycles. The van der Waals surface area contributed by atoms with E-state index in [0.717, 1.165) is 31.0 Å². The van der Waals surface area contributed by atoms with Crippen LogP contribution < -0.4 is 10.6 Å². The molecule has 96 valence electrons. The van der Waals surface area contributed by atoms with Crippen molar-refractivity contribution in [3.05, 3.63) is 29.8 Å². The lowest BCUT2D eigenvalue weighted by atomic mass is 10.0. The first kappa shape index (κ1) is 11.7. The second kappa shape index (κ2) is 5.11. The summed E-state index contributed by atoms with van der Waals surface area (Å²) in [6.07, 6.45) is 5.87. The highest BCUT2D eigenvalue weighted by Gasteiger charge is 2.24. The Balaban J connectivity index is 1.64. The second-order valence-electron chi connectivity index (χ2n) is 5.39. The van der Waals surface area contributed by atoms with Gasteiger partial charge in [-0.05, 0) is 55.8 Å². The van der Waals surface area contributed by atoms with Gasteiger partial charge in [-0.3, -0.25) is 4.79 Å². The second-order valence-corrected chi connectivity index (χ2v) is 5.39. The van der Waals surface area contributed by atoms with Crippen molar-refractivity contribution in [2.75, 3.05) is 11.9 Å². The Kier molecular flexibility index (Phi) is 3.33. The number of rotatable bonds is 3. The highest BCUT2D eigenvalue weighted by Crippen LogP contribution is 2.40. The van der Waals surface area contributed by atoms with Crippen molar-refractivity contribution >= 4 is 11.6 Å². The standard InChI is InChI=1S/C15H20N2O/c18-15(14-6-1-2-9-16-14)17-13-5-3-4-12(10-13)11-7-8-11/h3-5,10-11,14,16H,1-2,6-9H2,(H,17,18)/t14-/m1/s1. The minimum atomic E-state index is -0.0108. The van der Waals surface area contributed by atoms with Crippen LogP contribution in [-0.4, -0.2) is 18.5 Å². The van der Waals surface area contributed by atoms with Crippen LogP contribution in [0.2, 0.25) is 0 Å². The first-order valence-electron chi connectivity index (χ1n) is 6.97. The molecule has 3 heteroatoms. The van der Waals surface area contributed by atoms with Gasteiger partial charge in [-0.15, -0.1) is 0 Å². The van der Waals surface area contributed by atoms with Crippen LogP contribution in [0.1, 0.15) is 43.6 Å². The summed E-state index contributed by atoms with van der Waals surface area (Å²) >= 11 is 0. The van der Waals surface area contributed by atoms with Crippen LogP contribution in [0.25, 0.3) is 0 Å². The molecular formula is C15H20N2O. The number of hydrogen-bond acceptors (Lipinski definition) is 2. The van der Waals surface area contributed by atoms with Gasteiger partial charge in [0.15, 0.2) is 0 Å². The molecule has 1 aliphatic heterocycles. The van der Waals surface area contributed by atoms with Crippen LogP contribution in [0.5, 0.6) is 0 Å². The molecular weight excluding hydrogens is 224 g/mol. The first-order chi connectivity index (χ1) is 8.83. The van der Waals surface area contributed by atoms with E-state index in [1.165, 1.54) is 24.8 Å². The van der Waals surface area contributed by atoms with Gasteiger partial charge < -0.3 is 10.6 Å². The Morgan fingerprint density at radius 1 is 1.22 bits per heavy atom. The molecule has 0 unspecified atom stereocenters. The summed E-state index contributed by atoms with van der Waals surface area (Å²) in [5.41, 5.74) is 2.31. The monoisotopic (exact) mass is 244 g/mol. The van der Waals surface area contributed by atoms with Gasteiger partial charge in [0, 0.05) is 5.69 Å². The number of benzene rings is 1. The van der Waals surface area contributed by atoms with Gasteiger partial charge in [0.05, 0.1) is 6.04 Å². The highest BCUT2D eigenvalue weighted by atomic mass is 16.2. The largest absolute Gasteiger partial charge is 0.325 e. The number of piperidine rings is 1. The molecule has 3 nitrogen and oxygen atoms in total. The number of anilines is 1. The summed E-state index contributed by atoms with van der Waals surface area (Å²) in [6, 6.07) is 8.29. The number of nitrogens with one attached hydrogen (secondary N) is 2. The molecule has 18 heavy (non-hydrogen) atoms. The van der Waals surface area contributed by atoms with Crippen LogP contribution in [0, 0.1) is 0 Å². The summed E-state index contributed by atoms with van der Waals surface area (Å²) in [4.78, 5) is 12.1. The molecule has 1 amide bonds. The molecule has 2 N–H and O–H groups in total. The van der Waals surface area contributed by atoms with E-state index >= 15 is 0 Å². The molecule has 0 aromatic heterocycles. The molecule has 2 fully saturated rings. The molecule has 0 bridgehead atoms. The third-order valence-corrected chi connectivity index (χ3v) is 3.83. The highest BCUT2D eigenvalue weighted by molar-refractivity contribution is 5.94. The van der Waals surface area contributed by atoms with E-state index in [2.05, 4.69) is 22.8 Å². The van der Waals surface area contributed by atoms with E-state index in [1.54, 1.807) is 0 Å². The van der Waals surface area contributed by atoms with Crippen molar-refractivity contribution in [3.63, 3.8) is 0 Å². The van der Waals surface area contributed by atoms with E-state index in [-0.39, 0.29) is 11.9 Å². The zero-order valence-electron chi connectivity index (χ0n) is 10.6. The molecule has 0 spiro atoms. The molecule has 1 aliphatic carbocycles. The fourth-order valence-electron chi connectivity index (χ4n) is 2.59. The lowest BCUT2D eigenvalue weighted by molar-refractivity contribution is -0.118. The predicted octanol–water partition coefficient (Wildman–Crippen LogP) is 2.64. The lowest BCUT2D eigenvalue weighted by Gasteiger charge is -2.22. The fraction of sp³-hybridized carbons (Fsp3) is 0.533. The fourth-order valence-corrected chi connectivity index (χ4v) is 2.59. The van der Waals surface area contributed by atoms with Crippen LogP contribution in [0.3, 0.4) is 0 Å². The Hall–Kier alpha value is -1.35. The third-order valence-electron chi connectivity index (χ3n) is 3.83. The van der Waals surface area contributed by atoms with Crippen molar-refractivity contribution in [2.24, 2.45) is 0 Å². The Morgan fingerprint density at radius 2 is 2.11 bits per heavy atom. The average molecular weight is 244 g/mol. The first-order valence-corrected chi connectivity index (χ1v) is 6.97. The minimum absolute atomic E-state index is 0.0108. The maximum absolute atomic E-state index is 12.1. The Morgan fingerprint density at radius 3 is 2.83 bits per heavy atom. The van der Waals surface area contributed by atoms with Gasteiger partial charge >= 0.3 is 0 Å². The van der Waals surface area contributed by atoms with Crippen molar-refractivity contribution in [3.8, 4) is 0 Å². The van der Waals surface area contributed by atoms with E-state index in [0.29, 0.717) is 0 Å². The van der Waals surface area contributed by atoms with Gasteiger partial charge in [-0.2, -0.15) is 0 Å². The molecule has 1 atom stereocenters. The van der Waals surface area contributed by atoms with Gasteiger partial charge in [0.2, 0.25) is 5.91 Å². The zero-order valence-corrected chi connectivity index (χ0v) is 10.6. The normalized spacial score (nSPS) is 23.7. The van der Waals surface area contributed by atoms with Gasteiger partial charge in [-0.25, -0.2) is 0 Å². The Labute approximate surface area is 108 Å². The maximum Gasteiger partial charge on any atom is 0.241 e. The van der Waals surface area contributed by atoms with Crippen LogP contribution in [-0.2, 0) is 4.79 Å². The van der Waals surface area contributed by atoms with Crippen molar-refractivity contribution in [2.45, 2.75) is 44.1 Å². The number of carbonyl (C=O) groups excluding carboxylic acids is 1. The quantitative estimate of drug-likeness (QED) is 0.858. The topological polar surface area (TPSA) is 41.1 Å². The van der Waals surface area contributed by atoms with Crippen LogP contribution >= 0.6 is 0 Å². The number of carbonyl (C=O) groups is 1. The summed E-state index contributed by atoms with van der Waals surface area (Å²) in [5, 5.41) is 6.31. The molecule has 1 aromatic carbocycles. The molecule has 3 rings (SSSR count). The molecule has 1 heterocycles. The van der Waals surface area contributed by atoms with Gasteiger partial charge in [0.1, 0.15) is 0 Å². The van der Waals surface area contributed by atoms with Crippen molar-refractivity contribution in [1.82, 2.24) is 5.32 Å². The molecule has 1 aromatic rings. The lowest BCUT2D eigenvalue weighted by Crippen LogP contribution is -2.43. The summed E-state index contributed by atoms with van der Waals surface area (Å²) in [5.74, 6) is 0.845. The average Bonchev–Trinajstić information content (AvgIpc) is 3.24. The molecule has 2 aliphatic rings. The van der Waals surface area contributed by atoms with E-state index < -0.39 is 0 Å². The van der Waals surface area contributed by atoms with Gasteiger partial charge in [-0.1, -0.05) is 18.6 Å². The van der Waals surface area contributed by atoms with E-state index in [4.69, 9.17) is 0 Å². The third kappa shape index (κ3) is 2.72. The molecule has 0 radical (unpaired) electrons. The SMILES string of the molecule is O=C(Nc1cccc(C2CC2)c1)[C@H]1CCCCN1. The smallest absolute Gasteiger partial charge is 0.241 e. The summed E-state index contributed by atoms with van der Waals surface area (Å²) < 4.78 is 0. The number of amides is 1. The van der Waals surface area contributed by atoms with Crippen LogP contribution in [0.4, 0.5) is 5.69 Å². The summed E-state index contributed by atoms with van der Waals surface area (Å²) in [7, 11) is 0. The molecule has 1 saturated heterocycles. The van der Waals surface area contributed by atoms with Crippen LogP contribution in [0.15, 0.2) is 24.3 Å². The van der Waals surface area contributed by atoms with Crippen molar-refractivity contribution in [1.29, 1.82) is 0 Å². The zero-order chi connectivity index (χ0) is 12.4. The predicted molar refractivity (Wildman–Crippen MR) is 72.7 cm³/mol. The minimum Gasteiger partial charge on any atom is -0.325 e.